The summed E-state index contributed by atoms with van der Waals surface area (Å²) < 4.78 is 0. The minimum Gasteiger partial charge on any atom is -0.399 e. The van der Waals surface area contributed by atoms with Crippen LogP contribution in [0.5, 0.6) is 0 Å². The van der Waals surface area contributed by atoms with Crippen molar-refractivity contribution >= 4 is 11.9 Å². The van der Waals surface area contributed by atoms with Crippen molar-refractivity contribution in [2.75, 3.05) is 5.73 Å². The summed E-state index contributed by atoms with van der Waals surface area (Å²) in [6.07, 6.45) is 3.90. The third kappa shape index (κ3) is 1.72. The van der Waals surface area contributed by atoms with Crippen molar-refractivity contribution in [2.24, 2.45) is 0 Å². The smallest absolute Gasteiger partial charge is 0.0317 e. The summed E-state index contributed by atoms with van der Waals surface area (Å²) in [5.74, 6) is 0. The summed E-state index contributed by atoms with van der Waals surface area (Å²) in [6.45, 7) is 3.65. The van der Waals surface area contributed by atoms with E-state index in [1.54, 1.807) is 6.07 Å². The Morgan fingerprint density at radius 1 is 1.50 bits per heavy atom. The molecule has 0 radical (unpaired) electrons. The van der Waals surface area contributed by atoms with Gasteiger partial charge in [-0.15, -0.1) is 6.58 Å². The Morgan fingerprint density at radius 2 is 2.25 bits per heavy atom. The van der Waals surface area contributed by atoms with E-state index in [0.717, 1.165) is 23.2 Å². The van der Waals surface area contributed by atoms with Crippen molar-refractivity contribution in [2.45, 2.75) is 6.42 Å². The minimum absolute atomic E-state index is 0.734. The zero-order chi connectivity index (χ0) is 8.97. The molecule has 0 atom stereocenters. The molecule has 0 fully saturated rings. The average molecular weight is 160 g/mol. The van der Waals surface area contributed by atoms with Gasteiger partial charge in [-0.2, -0.15) is 0 Å². The molecule has 1 aromatic carbocycles. The zero-order valence-electron chi connectivity index (χ0n) is 6.88. The summed E-state index contributed by atoms with van der Waals surface area (Å²) in [5, 5.41) is 7.13. The fourth-order valence-corrected chi connectivity index (χ4v) is 1.10. The largest absolute Gasteiger partial charge is 0.399 e. The van der Waals surface area contributed by atoms with Crippen molar-refractivity contribution in [3.8, 4) is 0 Å². The monoisotopic (exact) mass is 160 g/mol. The standard InChI is InChI=1S/C10H12N2/c1-2-3-8-6-10(12)5-4-9(8)7-11/h2,4-7,11H,1,3,12H2. The molecule has 0 aliphatic rings. The van der Waals surface area contributed by atoms with E-state index in [0.29, 0.717) is 0 Å². The maximum Gasteiger partial charge on any atom is 0.0317 e. The van der Waals surface area contributed by atoms with Crippen LogP contribution in [-0.2, 0) is 6.42 Å². The first kappa shape index (κ1) is 8.53. The van der Waals surface area contributed by atoms with Crippen LogP contribution in [0.1, 0.15) is 11.1 Å². The number of hydrogen-bond donors (Lipinski definition) is 2. The van der Waals surface area contributed by atoms with Crippen LogP contribution in [0.2, 0.25) is 0 Å². The van der Waals surface area contributed by atoms with Crippen molar-refractivity contribution in [1.29, 1.82) is 5.41 Å². The second-order valence-corrected chi connectivity index (χ2v) is 2.60. The molecule has 3 N–H and O–H groups in total. The van der Waals surface area contributed by atoms with Gasteiger partial charge in [0.25, 0.3) is 0 Å². The summed E-state index contributed by atoms with van der Waals surface area (Å²) in [6, 6.07) is 5.52. The van der Waals surface area contributed by atoms with Crippen LogP contribution in [0.3, 0.4) is 0 Å². The molecule has 2 heteroatoms. The summed E-state index contributed by atoms with van der Waals surface area (Å²) in [5.41, 5.74) is 8.30. The molecule has 62 valence electrons. The first-order valence-electron chi connectivity index (χ1n) is 3.77. The third-order valence-corrected chi connectivity index (χ3v) is 1.69. The molecule has 0 heterocycles. The van der Waals surface area contributed by atoms with E-state index in [1.165, 1.54) is 6.21 Å². The molecule has 1 aromatic rings. The Bertz CT molecular complexity index is 303. The predicted octanol–water partition coefficient (Wildman–Crippen LogP) is 1.99. The van der Waals surface area contributed by atoms with Crippen molar-refractivity contribution in [3.05, 3.63) is 42.0 Å². The van der Waals surface area contributed by atoms with Gasteiger partial charge in [-0.05, 0) is 29.7 Å². The maximum atomic E-state index is 7.13. The molecule has 12 heavy (non-hydrogen) atoms. The highest BCUT2D eigenvalue weighted by Gasteiger charge is 1.97. The van der Waals surface area contributed by atoms with E-state index < -0.39 is 0 Å². The summed E-state index contributed by atoms with van der Waals surface area (Å²) in [7, 11) is 0. The van der Waals surface area contributed by atoms with Gasteiger partial charge in [-0.1, -0.05) is 12.1 Å². The number of hydrogen-bond acceptors (Lipinski definition) is 2. The molecule has 0 saturated heterocycles. The molecular weight excluding hydrogens is 148 g/mol. The van der Waals surface area contributed by atoms with Gasteiger partial charge >= 0.3 is 0 Å². The van der Waals surface area contributed by atoms with Crippen molar-refractivity contribution in [1.82, 2.24) is 0 Å². The molecule has 0 saturated carbocycles. The Labute approximate surface area is 72.2 Å². The van der Waals surface area contributed by atoms with Crippen LogP contribution in [0.4, 0.5) is 5.69 Å². The summed E-state index contributed by atoms with van der Waals surface area (Å²) >= 11 is 0. The molecule has 2 nitrogen and oxygen atoms in total. The second-order valence-electron chi connectivity index (χ2n) is 2.60. The lowest BCUT2D eigenvalue weighted by molar-refractivity contribution is 1.27. The van der Waals surface area contributed by atoms with Crippen LogP contribution in [-0.4, -0.2) is 6.21 Å². The van der Waals surface area contributed by atoms with Gasteiger partial charge in [0.2, 0.25) is 0 Å². The molecule has 1 rings (SSSR count). The quantitative estimate of drug-likeness (QED) is 0.396. The topological polar surface area (TPSA) is 49.9 Å². The summed E-state index contributed by atoms with van der Waals surface area (Å²) in [4.78, 5) is 0. The molecular formula is C10H12N2. The second kappa shape index (κ2) is 3.72. The molecule has 0 aliphatic carbocycles. The Hall–Kier alpha value is -1.57. The predicted molar refractivity (Wildman–Crippen MR) is 52.6 cm³/mol. The van der Waals surface area contributed by atoms with Gasteiger partial charge in [0.15, 0.2) is 0 Å². The Kier molecular flexibility index (Phi) is 2.64. The van der Waals surface area contributed by atoms with Crippen LogP contribution in [0.15, 0.2) is 30.9 Å². The molecule has 0 spiro atoms. The van der Waals surface area contributed by atoms with E-state index in [9.17, 15) is 0 Å². The first-order valence-corrected chi connectivity index (χ1v) is 3.77. The van der Waals surface area contributed by atoms with Crippen molar-refractivity contribution < 1.29 is 0 Å². The van der Waals surface area contributed by atoms with E-state index in [1.807, 2.05) is 18.2 Å². The van der Waals surface area contributed by atoms with Crippen molar-refractivity contribution in [3.63, 3.8) is 0 Å². The minimum atomic E-state index is 0.734. The number of anilines is 1. The normalized spacial score (nSPS) is 9.33. The highest BCUT2D eigenvalue weighted by atomic mass is 14.5. The molecule has 0 aliphatic heterocycles. The van der Waals surface area contributed by atoms with Gasteiger partial charge in [-0.25, -0.2) is 0 Å². The lowest BCUT2D eigenvalue weighted by atomic mass is 10.0. The molecule has 0 aromatic heterocycles. The number of benzene rings is 1. The van der Waals surface area contributed by atoms with Crippen LogP contribution in [0.25, 0.3) is 0 Å². The fraction of sp³-hybridized carbons (Fsp3) is 0.100. The van der Waals surface area contributed by atoms with Gasteiger partial charge in [0, 0.05) is 11.9 Å². The lowest BCUT2D eigenvalue weighted by Crippen LogP contribution is -1.93. The highest BCUT2D eigenvalue weighted by molar-refractivity contribution is 5.80. The van der Waals surface area contributed by atoms with E-state index in [4.69, 9.17) is 11.1 Å². The van der Waals surface area contributed by atoms with E-state index >= 15 is 0 Å². The zero-order valence-corrected chi connectivity index (χ0v) is 6.88. The fourth-order valence-electron chi connectivity index (χ4n) is 1.10. The Morgan fingerprint density at radius 3 is 2.83 bits per heavy atom. The SMILES string of the molecule is C=CCc1cc(N)ccc1C=N. The van der Waals surface area contributed by atoms with Gasteiger partial charge in [-0.3, -0.25) is 0 Å². The average Bonchev–Trinajstić information content (AvgIpc) is 2.05. The molecule has 0 amide bonds. The van der Waals surface area contributed by atoms with Gasteiger partial charge in [0.1, 0.15) is 0 Å². The first-order chi connectivity index (χ1) is 5.77. The van der Waals surface area contributed by atoms with Gasteiger partial charge < -0.3 is 11.1 Å². The molecule has 0 bridgehead atoms. The highest BCUT2D eigenvalue weighted by Crippen LogP contribution is 2.12. The van der Waals surface area contributed by atoms with E-state index in [-0.39, 0.29) is 0 Å². The number of nitrogen functional groups attached to an aromatic ring is 1. The number of allylic oxidation sites excluding steroid dienone is 1. The van der Waals surface area contributed by atoms with E-state index in [2.05, 4.69) is 6.58 Å². The Balaban J connectivity index is 3.11. The maximum absolute atomic E-state index is 7.13. The molecule has 0 unspecified atom stereocenters. The van der Waals surface area contributed by atoms with Crippen LogP contribution in [0, 0.1) is 5.41 Å². The van der Waals surface area contributed by atoms with Gasteiger partial charge in [0.05, 0.1) is 0 Å². The third-order valence-electron chi connectivity index (χ3n) is 1.69. The lowest BCUT2D eigenvalue weighted by Gasteiger charge is -2.03. The number of rotatable bonds is 3. The number of nitrogens with two attached hydrogens (primary N) is 1. The van der Waals surface area contributed by atoms with Crippen LogP contribution >= 0.6 is 0 Å². The van der Waals surface area contributed by atoms with Crippen LogP contribution < -0.4 is 5.73 Å². The number of nitrogens with one attached hydrogen (secondary N) is 1.